The van der Waals surface area contributed by atoms with Crippen LogP contribution in [0, 0.1) is 0 Å². The fourth-order valence-electron chi connectivity index (χ4n) is 2.98. The van der Waals surface area contributed by atoms with Gasteiger partial charge in [-0.3, -0.25) is 4.79 Å². The van der Waals surface area contributed by atoms with Gasteiger partial charge in [0.05, 0.1) is 16.8 Å². The Bertz CT molecular complexity index is 1180. The predicted molar refractivity (Wildman–Crippen MR) is 127 cm³/mol. The minimum absolute atomic E-state index is 0.137. The van der Waals surface area contributed by atoms with Gasteiger partial charge < -0.3 is 11.2 Å². The zero-order valence-corrected chi connectivity index (χ0v) is 19.2. The number of rotatable bonds is 7. The molecular formula is C21H17Cl2N5OS2. The van der Waals surface area contributed by atoms with E-state index in [0.29, 0.717) is 26.6 Å². The molecule has 2 aromatic carbocycles. The Labute approximate surface area is 197 Å². The molecule has 0 saturated carbocycles. The molecule has 31 heavy (non-hydrogen) atoms. The lowest BCUT2D eigenvalue weighted by Gasteiger charge is -2.18. The normalized spacial score (nSPS) is 11.9. The number of amides is 1. The van der Waals surface area contributed by atoms with Crippen molar-refractivity contribution < 1.29 is 4.79 Å². The van der Waals surface area contributed by atoms with E-state index in [2.05, 4.69) is 15.5 Å². The van der Waals surface area contributed by atoms with Gasteiger partial charge in [0.15, 0.2) is 5.82 Å². The summed E-state index contributed by atoms with van der Waals surface area (Å²) >= 11 is 15.0. The van der Waals surface area contributed by atoms with Crippen LogP contribution in [0.3, 0.4) is 0 Å². The molecule has 3 N–H and O–H groups in total. The van der Waals surface area contributed by atoms with Crippen LogP contribution in [-0.4, -0.2) is 26.5 Å². The van der Waals surface area contributed by atoms with Gasteiger partial charge in [-0.2, -0.15) is 0 Å². The number of nitrogen functional groups attached to an aromatic ring is 1. The molecule has 0 fully saturated rings. The lowest BCUT2D eigenvalue weighted by atomic mass is 10.1. The SMILES string of the molecule is Nn1c(SCC(=O)NC(c2ccccc2)c2cccs2)nnc1-c1ccc(Cl)cc1Cl. The van der Waals surface area contributed by atoms with Gasteiger partial charge in [-0.1, -0.05) is 71.4 Å². The van der Waals surface area contributed by atoms with Crippen LogP contribution >= 0.6 is 46.3 Å². The summed E-state index contributed by atoms with van der Waals surface area (Å²) in [6.45, 7) is 0. The molecule has 0 saturated heterocycles. The molecule has 158 valence electrons. The van der Waals surface area contributed by atoms with Gasteiger partial charge in [-0.05, 0) is 35.2 Å². The van der Waals surface area contributed by atoms with Crippen LogP contribution in [0.5, 0.6) is 0 Å². The maximum atomic E-state index is 12.7. The van der Waals surface area contributed by atoms with Crippen LogP contribution in [0.2, 0.25) is 10.0 Å². The molecular weight excluding hydrogens is 473 g/mol. The highest BCUT2D eigenvalue weighted by molar-refractivity contribution is 7.99. The third kappa shape index (κ3) is 5.04. The molecule has 0 aliphatic rings. The van der Waals surface area contributed by atoms with Crippen LogP contribution in [0.15, 0.2) is 71.2 Å². The van der Waals surface area contributed by atoms with Crippen LogP contribution < -0.4 is 11.2 Å². The zero-order chi connectivity index (χ0) is 21.8. The second kappa shape index (κ2) is 9.74. The second-order valence-corrected chi connectivity index (χ2v) is 9.28. The number of hydrogen-bond acceptors (Lipinski definition) is 6. The van der Waals surface area contributed by atoms with Crippen molar-refractivity contribution in [1.82, 2.24) is 20.2 Å². The molecule has 0 aliphatic carbocycles. The third-order valence-electron chi connectivity index (χ3n) is 4.43. The monoisotopic (exact) mass is 489 g/mol. The van der Waals surface area contributed by atoms with Gasteiger partial charge in [0, 0.05) is 15.5 Å². The number of nitrogens with one attached hydrogen (secondary N) is 1. The fourth-order valence-corrected chi connectivity index (χ4v) is 4.95. The molecule has 10 heteroatoms. The van der Waals surface area contributed by atoms with E-state index in [9.17, 15) is 4.79 Å². The average molecular weight is 490 g/mol. The third-order valence-corrected chi connectivity index (χ3v) is 6.86. The number of thioether (sulfide) groups is 1. The first-order chi connectivity index (χ1) is 15.0. The first-order valence-electron chi connectivity index (χ1n) is 9.19. The summed E-state index contributed by atoms with van der Waals surface area (Å²) in [5.41, 5.74) is 1.63. The van der Waals surface area contributed by atoms with Crippen molar-refractivity contribution in [2.45, 2.75) is 11.2 Å². The Morgan fingerprint density at radius 1 is 1.13 bits per heavy atom. The van der Waals surface area contributed by atoms with E-state index in [1.807, 2.05) is 47.8 Å². The Kier molecular flexibility index (Phi) is 6.82. The van der Waals surface area contributed by atoms with Crippen LogP contribution in [0.1, 0.15) is 16.5 Å². The Hall–Kier alpha value is -2.52. The Morgan fingerprint density at radius 3 is 2.65 bits per heavy atom. The van der Waals surface area contributed by atoms with Gasteiger partial charge in [-0.25, -0.2) is 4.68 Å². The standard InChI is InChI=1S/C21H17Cl2N5OS2/c22-14-8-9-15(16(23)11-14)20-26-27-21(28(20)24)31-12-18(29)25-19(17-7-4-10-30-17)13-5-2-1-3-6-13/h1-11,19H,12,24H2,(H,25,29). The van der Waals surface area contributed by atoms with E-state index in [1.54, 1.807) is 29.5 Å². The summed E-state index contributed by atoms with van der Waals surface area (Å²) in [5.74, 6) is 6.54. The van der Waals surface area contributed by atoms with Crippen molar-refractivity contribution >= 4 is 52.2 Å². The lowest BCUT2D eigenvalue weighted by molar-refractivity contribution is -0.119. The Balaban J connectivity index is 1.46. The zero-order valence-electron chi connectivity index (χ0n) is 16.0. The van der Waals surface area contributed by atoms with Crippen molar-refractivity contribution in [3.8, 4) is 11.4 Å². The van der Waals surface area contributed by atoms with Gasteiger partial charge >= 0.3 is 0 Å². The first-order valence-corrected chi connectivity index (χ1v) is 11.8. The number of nitrogens with two attached hydrogens (primary N) is 1. The quantitative estimate of drug-likeness (QED) is 0.281. The van der Waals surface area contributed by atoms with Crippen molar-refractivity contribution in [2.75, 3.05) is 11.6 Å². The van der Waals surface area contributed by atoms with Crippen molar-refractivity contribution in [1.29, 1.82) is 0 Å². The van der Waals surface area contributed by atoms with E-state index in [1.165, 1.54) is 16.4 Å². The minimum Gasteiger partial charge on any atom is -0.344 e. The molecule has 4 aromatic rings. The molecule has 0 aliphatic heterocycles. The van der Waals surface area contributed by atoms with Crippen molar-refractivity contribution in [3.05, 3.63) is 86.5 Å². The highest BCUT2D eigenvalue weighted by Gasteiger charge is 2.20. The average Bonchev–Trinajstić information content (AvgIpc) is 3.42. The van der Waals surface area contributed by atoms with Crippen LogP contribution in [0.4, 0.5) is 0 Å². The number of benzene rings is 2. The molecule has 1 unspecified atom stereocenters. The number of carbonyl (C=O) groups is 1. The fraction of sp³-hybridized carbons (Fsp3) is 0.0952. The number of thiophene rings is 1. The highest BCUT2D eigenvalue weighted by atomic mass is 35.5. The van der Waals surface area contributed by atoms with E-state index < -0.39 is 0 Å². The number of hydrogen-bond donors (Lipinski definition) is 2. The van der Waals surface area contributed by atoms with Gasteiger partial charge in [-0.15, -0.1) is 21.5 Å². The molecule has 6 nitrogen and oxygen atoms in total. The summed E-state index contributed by atoms with van der Waals surface area (Å²) < 4.78 is 1.32. The molecule has 4 rings (SSSR count). The molecule has 0 bridgehead atoms. The topological polar surface area (TPSA) is 85.8 Å². The summed E-state index contributed by atoms with van der Waals surface area (Å²) in [7, 11) is 0. The smallest absolute Gasteiger partial charge is 0.231 e. The van der Waals surface area contributed by atoms with Crippen molar-refractivity contribution in [2.24, 2.45) is 0 Å². The number of nitrogens with zero attached hydrogens (tertiary/aromatic N) is 3. The van der Waals surface area contributed by atoms with E-state index in [0.717, 1.165) is 10.4 Å². The molecule has 1 amide bonds. The van der Waals surface area contributed by atoms with E-state index >= 15 is 0 Å². The first kappa shape index (κ1) is 21.7. The van der Waals surface area contributed by atoms with Gasteiger partial charge in [0.2, 0.25) is 11.1 Å². The largest absolute Gasteiger partial charge is 0.344 e. The summed E-state index contributed by atoms with van der Waals surface area (Å²) in [5, 5.41) is 14.6. The van der Waals surface area contributed by atoms with Crippen LogP contribution in [-0.2, 0) is 4.79 Å². The lowest BCUT2D eigenvalue weighted by Crippen LogP contribution is -2.30. The Morgan fingerprint density at radius 2 is 1.94 bits per heavy atom. The van der Waals surface area contributed by atoms with Crippen molar-refractivity contribution in [3.63, 3.8) is 0 Å². The summed E-state index contributed by atoms with van der Waals surface area (Å²) in [6, 6.07) is 18.7. The van der Waals surface area contributed by atoms with Gasteiger partial charge in [0.1, 0.15) is 0 Å². The number of halogens is 2. The highest BCUT2D eigenvalue weighted by Crippen LogP contribution is 2.30. The summed E-state index contributed by atoms with van der Waals surface area (Å²) in [4.78, 5) is 13.8. The van der Waals surface area contributed by atoms with E-state index in [4.69, 9.17) is 29.0 Å². The molecule has 0 spiro atoms. The molecule has 2 heterocycles. The molecule has 0 radical (unpaired) electrons. The van der Waals surface area contributed by atoms with Crippen LogP contribution in [0.25, 0.3) is 11.4 Å². The maximum Gasteiger partial charge on any atom is 0.231 e. The summed E-state index contributed by atoms with van der Waals surface area (Å²) in [6.07, 6.45) is 0. The molecule has 2 aromatic heterocycles. The number of carbonyl (C=O) groups excluding carboxylic acids is 1. The minimum atomic E-state index is -0.214. The van der Waals surface area contributed by atoms with Gasteiger partial charge in [0.25, 0.3) is 0 Å². The molecule has 1 atom stereocenters. The number of aromatic nitrogens is 3. The second-order valence-electron chi connectivity index (χ2n) is 6.52. The maximum absolute atomic E-state index is 12.7. The van der Waals surface area contributed by atoms with E-state index in [-0.39, 0.29) is 17.7 Å². The predicted octanol–water partition coefficient (Wildman–Crippen LogP) is 5.03.